The molecule has 3 rings (SSSR count). The molecule has 2 heterocycles. The Morgan fingerprint density at radius 3 is 2.85 bits per heavy atom. The summed E-state index contributed by atoms with van der Waals surface area (Å²) in [6, 6.07) is 11.0. The van der Waals surface area contributed by atoms with Crippen molar-refractivity contribution in [2.24, 2.45) is 0 Å². The van der Waals surface area contributed by atoms with Crippen molar-refractivity contribution >= 4 is 23.1 Å². The van der Waals surface area contributed by atoms with Crippen LogP contribution >= 0.6 is 0 Å². The monoisotopic (exact) mass is 268 g/mol. The molecule has 0 saturated heterocycles. The van der Waals surface area contributed by atoms with Crippen LogP contribution in [0.5, 0.6) is 0 Å². The Morgan fingerprint density at radius 1 is 1.30 bits per heavy atom. The van der Waals surface area contributed by atoms with E-state index in [0.29, 0.717) is 11.5 Å². The van der Waals surface area contributed by atoms with Crippen molar-refractivity contribution in [3.8, 4) is 0 Å². The molecule has 0 saturated carbocycles. The fourth-order valence-electron chi connectivity index (χ4n) is 1.95. The summed E-state index contributed by atoms with van der Waals surface area (Å²) in [5, 5.41) is 16.3. The van der Waals surface area contributed by atoms with Crippen LogP contribution < -0.4 is 5.32 Å². The Morgan fingerprint density at radius 2 is 2.10 bits per heavy atom. The molecule has 2 aromatic heterocycles. The topological polar surface area (TPSA) is 79.5 Å². The number of hydrogen-bond acceptors (Lipinski definition) is 4. The summed E-state index contributed by atoms with van der Waals surface area (Å²) >= 11 is 0. The molecule has 3 aromatic rings. The van der Waals surface area contributed by atoms with Gasteiger partial charge in [-0.25, -0.2) is 9.78 Å². The van der Waals surface area contributed by atoms with Gasteiger partial charge in [-0.05, 0) is 24.6 Å². The second-order valence-corrected chi connectivity index (χ2v) is 4.37. The highest BCUT2D eigenvalue weighted by atomic mass is 16.4. The van der Waals surface area contributed by atoms with Gasteiger partial charge in [-0.1, -0.05) is 18.2 Å². The molecule has 0 bridgehead atoms. The van der Waals surface area contributed by atoms with E-state index in [1.807, 2.05) is 31.2 Å². The lowest BCUT2D eigenvalue weighted by atomic mass is 10.2. The number of fused-ring (bicyclic) bond motifs is 1. The van der Waals surface area contributed by atoms with Crippen LogP contribution in [0, 0.1) is 6.92 Å². The first-order chi connectivity index (χ1) is 9.65. The van der Waals surface area contributed by atoms with E-state index in [9.17, 15) is 4.79 Å². The number of benzene rings is 1. The highest BCUT2D eigenvalue weighted by Crippen LogP contribution is 2.20. The van der Waals surface area contributed by atoms with Gasteiger partial charge in [0.2, 0.25) is 0 Å². The van der Waals surface area contributed by atoms with Crippen molar-refractivity contribution in [1.82, 2.24) is 14.6 Å². The first kappa shape index (κ1) is 12.2. The van der Waals surface area contributed by atoms with Crippen LogP contribution in [0.2, 0.25) is 0 Å². The quantitative estimate of drug-likeness (QED) is 0.762. The molecule has 0 atom stereocenters. The number of rotatable bonds is 3. The van der Waals surface area contributed by atoms with E-state index in [4.69, 9.17) is 5.11 Å². The van der Waals surface area contributed by atoms with Gasteiger partial charge in [-0.15, -0.1) is 0 Å². The molecule has 2 N–H and O–H groups in total. The first-order valence-electron chi connectivity index (χ1n) is 6.06. The second kappa shape index (κ2) is 4.65. The van der Waals surface area contributed by atoms with Gasteiger partial charge in [0, 0.05) is 18.0 Å². The van der Waals surface area contributed by atoms with Crippen LogP contribution in [-0.2, 0) is 0 Å². The third-order valence-corrected chi connectivity index (χ3v) is 2.98. The normalized spacial score (nSPS) is 10.7. The number of aromatic carboxylic acids is 1. The summed E-state index contributed by atoms with van der Waals surface area (Å²) in [6.45, 7) is 1.99. The van der Waals surface area contributed by atoms with Crippen LogP contribution in [0.1, 0.15) is 16.1 Å². The Balaban J connectivity index is 2.08. The van der Waals surface area contributed by atoms with Gasteiger partial charge in [0.1, 0.15) is 5.82 Å². The molecule has 6 heteroatoms. The van der Waals surface area contributed by atoms with Crippen LogP contribution in [0.15, 0.2) is 42.6 Å². The molecule has 0 spiro atoms. The molecule has 0 aliphatic heterocycles. The first-order valence-corrected chi connectivity index (χ1v) is 6.06. The van der Waals surface area contributed by atoms with Crippen LogP contribution in [-0.4, -0.2) is 25.7 Å². The number of carboxylic acids is 1. The fraction of sp³-hybridized carbons (Fsp3) is 0.0714. The van der Waals surface area contributed by atoms with Crippen molar-refractivity contribution in [2.45, 2.75) is 6.92 Å². The van der Waals surface area contributed by atoms with Crippen molar-refractivity contribution < 1.29 is 9.90 Å². The largest absolute Gasteiger partial charge is 0.476 e. The second-order valence-electron chi connectivity index (χ2n) is 4.37. The van der Waals surface area contributed by atoms with Crippen molar-refractivity contribution in [1.29, 1.82) is 0 Å². The predicted octanol–water partition coefficient (Wildman–Crippen LogP) is 2.48. The van der Waals surface area contributed by atoms with Gasteiger partial charge in [0.05, 0.1) is 0 Å². The third kappa shape index (κ3) is 2.07. The van der Waals surface area contributed by atoms with Crippen LogP contribution in [0.4, 0.5) is 11.5 Å². The molecule has 100 valence electrons. The maximum atomic E-state index is 11.0. The van der Waals surface area contributed by atoms with E-state index >= 15 is 0 Å². The molecule has 1 aromatic carbocycles. The summed E-state index contributed by atoms with van der Waals surface area (Å²) in [4.78, 5) is 15.1. The van der Waals surface area contributed by atoms with Gasteiger partial charge in [-0.2, -0.15) is 9.61 Å². The Bertz CT molecular complexity index is 795. The zero-order chi connectivity index (χ0) is 14.1. The number of aromatic nitrogens is 3. The Hall–Kier alpha value is -2.89. The summed E-state index contributed by atoms with van der Waals surface area (Å²) in [6.07, 6.45) is 1.61. The van der Waals surface area contributed by atoms with Gasteiger partial charge in [0.25, 0.3) is 0 Å². The third-order valence-electron chi connectivity index (χ3n) is 2.98. The number of carboxylic acid groups (broad SMARTS) is 1. The molecule has 0 amide bonds. The standard InChI is InChI=1S/C14H12N4O2/c1-9-4-2-3-5-10(9)16-12-6-7-15-13-8-11(14(19)20)17-18(12)13/h2-8,16H,1H3,(H,19,20). The number of hydrogen-bond donors (Lipinski definition) is 2. The van der Waals surface area contributed by atoms with Crippen molar-refractivity contribution in [3.05, 3.63) is 53.9 Å². The maximum absolute atomic E-state index is 11.0. The molecular weight excluding hydrogens is 256 g/mol. The average molecular weight is 268 g/mol. The molecular formula is C14H12N4O2. The number of nitrogens with zero attached hydrogens (tertiary/aromatic N) is 3. The molecule has 6 nitrogen and oxygen atoms in total. The van der Waals surface area contributed by atoms with E-state index < -0.39 is 5.97 Å². The highest BCUT2D eigenvalue weighted by Gasteiger charge is 2.12. The Kier molecular flexibility index (Phi) is 2.83. The van der Waals surface area contributed by atoms with Gasteiger partial charge in [-0.3, -0.25) is 0 Å². The van der Waals surface area contributed by atoms with E-state index in [1.54, 1.807) is 12.3 Å². The zero-order valence-corrected chi connectivity index (χ0v) is 10.7. The lowest BCUT2D eigenvalue weighted by Crippen LogP contribution is -2.03. The minimum Gasteiger partial charge on any atom is -0.476 e. The molecule has 20 heavy (non-hydrogen) atoms. The van der Waals surface area contributed by atoms with Crippen LogP contribution in [0.3, 0.4) is 0 Å². The smallest absolute Gasteiger partial charge is 0.356 e. The molecule has 0 aliphatic rings. The van der Waals surface area contributed by atoms with Gasteiger partial charge < -0.3 is 10.4 Å². The zero-order valence-electron chi connectivity index (χ0n) is 10.7. The molecule has 0 unspecified atom stereocenters. The van der Waals surface area contributed by atoms with E-state index in [-0.39, 0.29) is 5.69 Å². The molecule has 0 aliphatic carbocycles. The number of anilines is 2. The lowest BCUT2D eigenvalue weighted by molar-refractivity contribution is 0.0690. The van der Waals surface area contributed by atoms with E-state index in [1.165, 1.54) is 10.6 Å². The number of para-hydroxylation sites is 1. The SMILES string of the molecule is Cc1ccccc1Nc1ccnc2cc(C(=O)O)nn12. The molecule has 0 fully saturated rings. The Labute approximate surface area is 114 Å². The summed E-state index contributed by atoms with van der Waals surface area (Å²) in [7, 11) is 0. The number of nitrogens with one attached hydrogen (secondary N) is 1. The van der Waals surface area contributed by atoms with Crippen molar-refractivity contribution in [3.63, 3.8) is 0 Å². The van der Waals surface area contributed by atoms with Gasteiger partial charge in [0.15, 0.2) is 11.3 Å². The summed E-state index contributed by atoms with van der Waals surface area (Å²) in [5.74, 6) is -0.408. The van der Waals surface area contributed by atoms with Crippen molar-refractivity contribution in [2.75, 3.05) is 5.32 Å². The fourth-order valence-corrected chi connectivity index (χ4v) is 1.95. The minimum absolute atomic E-state index is 0.0310. The predicted molar refractivity (Wildman–Crippen MR) is 74.4 cm³/mol. The lowest BCUT2D eigenvalue weighted by Gasteiger charge is -2.10. The van der Waals surface area contributed by atoms with E-state index in [0.717, 1.165) is 11.3 Å². The van der Waals surface area contributed by atoms with E-state index in [2.05, 4.69) is 15.4 Å². The maximum Gasteiger partial charge on any atom is 0.356 e. The van der Waals surface area contributed by atoms with Crippen LogP contribution in [0.25, 0.3) is 5.65 Å². The number of carbonyl (C=O) groups is 1. The minimum atomic E-state index is -1.07. The molecule has 0 radical (unpaired) electrons. The average Bonchev–Trinajstić information content (AvgIpc) is 2.86. The summed E-state index contributed by atoms with van der Waals surface area (Å²) in [5.41, 5.74) is 2.48. The van der Waals surface area contributed by atoms with Gasteiger partial charge >= 0.3 is 5.97 Å². The summed E-state index contributed by atoms with van der Waals surface area (Å²) < 4.78 is 1.48. The number of aryl methyl sites for hydroxylation is 1. The highest BCUT2D eigenvalue weighted by molar-refractivity contribution is 5.86.